The Morgan fingerprint density at radius 2 is 2.05 bits per heavy atom. The zero-order valence-electron chi connectivity index (χ0n) is 9.85. The van der Waals surface area contributed by atoms with E-state index in [1.807, 2.05) is 24.3 Å². The molecule has 1 unspecified atom stereocenters. The molecule has 4 nitrogen and oxygen atoms in total. The number of nitrogens with one attached hydrogen (secondary N) is 2. The standard InChI is InChI=1S/C14H11BrN2O2/c15-8-4-5-11-12(6-8)17-14(19)13(11)16-9-2-1-3-10(18)7-9/h1-7,13,16,18H,(H,17,19). The van der Waals surface area contributed by atoms with Gasteiger partial charge in [-0.1, -0.05) is 28.1 Å². The molecular weight excluding hydrogens is 308 g/mol. The second-order valence-electron chi connectivity index (χ2n) is 4.35. The third-order valence-electron chi connectivity index (χ3n) is 3.00. The topological polar surface area (TPSA) is 61.4 Å². The van der Waals surface area contributed by atoms with Crippen LogP contribution in [0.2, 0.25) is 0 Å². The van der Waals surface area contributed by atoms with E-state index in [1.165, 1.54) is 0 Å². The maximum atomic E-state index is 12.0. The molecule has 0 bridgehead atoms. The molecule has 0 saturated heterocycles. The van der Waals surface area contributed by atoms with Crippen molar-refractivity contribution in [3.8, 4) is 5.75 Å². The lowest BCUT2D eigenvalue weighted by molar-refractivity contribution is -0.116. The number of hydrogen-bond acceptors (Lipinski definition) is 3. The SMILES string of the molecule is O=C1Nc2cc(Br)ccc2C1Nc1cccc(O)c1. The van der Waals surface area contributed by atoms with Crippen molar-refractivity contribution in [3.63, 3.8) is 0 Å². The zero-order valence-corrected chi connectivity index (χ0v) is 11.4. The minimum atomic E-state index is -0.440. The van der Waals surface area contributed by atoms with Gasteiger partial charge in [0.1, 0.15) is 11.8 Å². The number of hydrogen-bond donors (Lipinski definition) is 3. The molecule has 0 spiro atoms. The van der Waals surface area contributed by atoms with E-state index < -0.39 is 6.04 Å². The number of phenols is 1. The summed E-state index contributed by atoms with van der Waals surface area (Å²) in [4.78, 5) is 12.0. The molecule has 1 heterocycles. The number of carbonyl (C=O) groups is 1. The van der Waals surface area contributed by atoms with Crippen LogP contribution < -0.4 is 10.6 Å². The number of aromatic hydroxyl groups is 1. The van der Waals surface area contributed by atoms with Crippen molar-refractivity contribution < 1.29 is 9.90 Å². The molecule has 3 rings (SSSR count). The first kappa shape index (κ1) is 12.0. The number of rotatable bonds is 2. The summed E-state index contributed by atoms with van der Waals surface area (Å²) < 4.78 is 0.921. The van der Waals surface area contributed by atoms with E-state index in [2.05, 4.69) is 26.6 Å². The van der Waals surface area contributed by atoms with Crippen LogP contribution in [0.3, 0.4) is 0 Å². The molecule has 1 aliphatic heterocycles. The number of amides is 1. The first-order chi connectivity index (χ1) is 9.13. The predicted octanol–water partition coefficient (Wildman–Crippen LogP) is 3.26. The average molecular weight is 319 g/mol. The summed E-state index contributed by atoms with van der Waals surface area (Å²) in [7, 11) is 0. The van der Waals surface area contributed by atoms with Crippen LogP contribution in [0.15, 0.2) is 46.9 Å². The van der Waals surface area contributed by atoms with Crippen molar-refractivity contribution in [1.82, 2.24) is 0 Å². The van der Waals surface area contributed by atoms with Crippen LogP contribution in [-0.2, 0) is 4.79 Å². The maximum Gasteiger partial charge on any atom is 0.251 e. The molecule has 96 valence electrons. The molecule has 2 aromatic rings. The molecule has 1 aliphatic rings. The maximum absolute atomic E-state index is 12.0. The lowest BCUT2D eigenvalue weighted by atomic mass is 10.1. The zero-order chi connectivity index (χ0) is 13.4. The lowest BCUT2D eigenvalue weighted by Gasteiger charge is -2.13. The molecule has 0 aromatic heterocycles. The highest BCUT2D eigenvalue weighted by molar-refractivity contribution is 9.10. The average Bonchev–Trinajstić information content (AvgIpc) is 2.65. The highest BCUT2D eigenvalue weighted by Gasteiger charge is 2.30. The van der Waals surface area contributed by atoms with E-state index in [9.17, 15) is 9.90 Å². The Morgan fingerprint density at radius 3 is 2.84 bits per heavy atom. The van der Waals surface area contributed by atoms with Crippen LogP contribution in [0, 0.1) is 0 Å². The Hall–Kier alpha value is -2.01. The van der Waals surface area contributed by atoms with Gasteiger partial charge in [-0.25, -0.2) is 0 Å². The largest absolute Gasteiger partial charge is 0.508 e. The van der Waals surface area contributed by atoms with Crippen molar-refractivity contribution in [2.75, 3.05) is 10.6 Å². The molecule has 0 aliphatic carbocycles. The van der Waals surface area contributed by atoms with Gasteiger partial charge in [-0.2, -0.15) is 0 Å². The summed E-state index contributed by atoms with van der Waals surface area (Å²) in [6.07, 6.45) is 0. The van der Waals surface area contributed by atoms with Gasteiger partial charge in [-0.3, -0.25) is 4.79 Å². The minimum absolute atomic E-state index is 0.101. The van der Waals surface area contributed by atoms with Gasteiger partial charge < -0.3 is 15.7 Å². The fourth-order valence-electron chi connectivity index (χ4n) is 2.14. The van der Waals surface area contributed by atoms with Crippen LogP contribution in [0.1, 0.15) is 11.6 Å². The van der Waals surface area contributed by atoms with Gasteiger partial charge in [0.25, 0.3) is 5.91 Å². The van der Waals surface area contributed by atoms with Crippen molar-refractivity contribution in [2.45, 2.75) is 6.04 Å². The van der Waals surface area contributed by atoms with Crippen molar-refractivity contribution in [1.29, 1.82) is 0 Å². The molecule has 1 atom stereocenters. The number of phenolic OH excluding ortho intramolecular Hbond substituents is 1. The lowest BCUT2D eigenvalue weighted by Crippen LogP contribution is -2.19. The number of fused-ring (bicyclic) bond motifs is 1. The number of halogens is 1. The van der Waals surface area contributed by atoms with Crippen molar-refractivity contribution >= 4 is 33.2 Å². The quantitative estimate of drug-likeness (QED) is 0.796. The van der Waals surface area contributed by atoms with Gasteiger partial charge in [0.2, 0.25) is 0 Å². The third kappa shape index (κ3) is 2.29. The highest BCUT2D eigenvalue weighted by Crippen LogP contribution is 2.35. The third-order valence-corrected chi connectivity index (χ3v) is 3.50. The van der Waals surface area contributed by atoms with Crippen LogP contribution in [-0.4, -0.2) is 11.0 Å². The van der Waals surface area contributed by atoms with Crippen LogP contribution in [0.5, 0.6) is 5.75 Å². The minimum Gasteiger partial charge on any atom is -0.508 e. The fourth-order valence-corrected chi connectivity index (χ4v) is 2.50. The van der Waals surface area contributed by atoms with E-state index >= 15 is 0 Å². The fraction of sp³-hybridized carbons (Fsp3) is 0.0714. The highest BCUT2D eigenvalue weighted by atomic mass is 79.9. The van der Waals surface area contributed by atoms with Crippen molar-refractivity contribution in [3.05, 3.63) is 52.5 Å². The molecule has 0 saturated carbocycles. The first-order valence-electron chi connectivity index (χ1n) is 5.79. The Kier molecular flexibility index (Phi) is 2.91. The number of carbonyl (C=O) groups excluding carboxylic acids is 1. The second kappa shape index (κ2) is 4.59. The summed E-state index contributed by atoms with van der Waals surface area (Å²) in [6, 6.07) is 11.9. The van der Waals surface area contributed by atoms with Gasteiger partial charge in [-0.05, 0) is 24.3 Å². The Labute approximate surface area is 118 Å². The summed E-state index contributed by atoms with van der Waals surface area (Å²) in [5, 5.41) is 15.4. The molecule has 5 heteroatoms. The Balaban J connectivity index is 1.92. The summed E-state index contributed by atoms with van der Waals surface area (Å²) in [5.41, 5.74) is 2.41. The molecule has 2 aromatic carbocycles. The van der Waals surface area contributed by atoms with Crippen LogP contribution in [0.4, 0.5) is 11.4 Å². The summed E-state index contributed by atoms with van der Waals surface area (Å²) in [6.45, 7) is 0. The second-order valence-corrected chi connectivity index (χ2v) is 5.26. The van der Waals surface area contributed by atoms with E-state index in [0.717, 1.165) is 15.7 Å². The van der Waals surface area contributed by atoms with Gasteiger partial charge >= 0.3 is 0 Å². The predicted molar refractivity (Wildman–Crippen MR) is 77.2 cm³/mol. The van der Waals surface area contributed by atoms with Gasteiger partial charge in [0, 0.05) is 27.5 Å². The van der Waals surface area contributed by atoms with Crippen LogP contribution >= 0.6 is 15.9 Å². The summed E-state index contributed by atoms with van der Waals surface area (Å²) in [5.74, 6) is 0.0656. The summed E-state index contributed by atoms with van der Waals surface area (Å²) >= 11 is 3.38. The monoisotopic (exact) mass is 318 g/mol. The Bertz CT molecular complexity index is 658. The van der Waals surface area contributed by atoms with E-state index in [1.54, 1.807) is 18.2 Å². The van der Waals surface area contributed by atoms with Gasteiger partial charge in [-0.15, -0.1) is 0 Å². The number of benzene rings is 2. The Morgan fingerprint density at radius 1 is 1.21 bits per heavy atom. The molecular formula is C14H11BrN2O2. The van der Waals surface area contributed by atoms with E-state index in [0.29, 0.717) is 5.69 Å². The smallest absolute Gasteiger partial charge is 0.251 e. The van der Waals surface area contributed by atoms with Gasteiger partial charge in [0.15, 0.2) is 0 Å². The normalized spacial score (nSPS) is 16.9. The van der Waals surface area contributed by atoms with Crippen molar-refractivity contribution in [2.24, 2.45) is 0 Å². The molecule has 1 amide bonds. The molecule has 0 radical (unpaired) electrons. The molecule has 0 fully saturated rings. The number of anilines is 2. The molecule has 19 heavy (non-hydrogen) atoms. The van der Waals surface area contributed by atoms with Crippen LogP contribution in [0.25, 0.3) is 0 Å². The van der Waals surface area contributed by atoms with Gasteiger partial charge in [0.05, 0.1) is 0 Å². The van der Waals surface area contributed by atoms with E-state index in [4.69, 9.17) is 0 Å². The molecule has 3 N–H and O–H groups in total. The van der Waals surface area contributed by atoms with E-state index in [-0.39, 0.29) is 11.7 Å². The first-order valence-corrected chi connectivity index (χ1v) is 6.59.